The van der Waals surface area contributed by atoms with E-state index in [1.54, 1.807) is 33.8 Å². The Hall–Kier alpha value is -2.89. The van der Waals surface area contributed by atoms with E-state index in [9.17, 15) is 14.0 Å². The smallest absolute Gasteiger partial charge is 0.407 e. The fraction of sp³-hybridized carbons (Fsp3) is 0.417. The molecule has 1 amide bonds. The lowest BCUT2D eigenvalue weighted by Gasteiger charge is -2.23. The Morgan fingerprint density at radius 1 is 1.07 bits per heavy atom. The van der Waals surface area contributed by atoms with Crippen molar-refractivity contribution < 1.29 is 23.5 Å². The summed E-state index contributed by atoms with van der Waals surface area (Å²) < 4.78 is 23.8. The second-order valence-corrected chi connectivity index (χ2v) is 8.10. The topological polar surface area (TPSA) is 64.6 Å². The molecule has 0 saturated heterocycles. The van der Waals surface area contributed by atoms with Crippen LogP contribution in [0.4, 0.5) is 9.18 Å². The van der Waals surface area contributed by atoms with E-state index >= 15 is 0 Å². The second kappa shape index (κ2) is 10.8. The third kappa shape index (κ3) is 8.23. The Labute approximate surface area is 177 Å². The summed E-state index contributed by atoms with van der Waals surface area (Å²) in [5.41, 5.74) is 2.08. The molecular formula is C24H30FNO4. The molecule has 2 aromatic carbocycles. The van der Waals surface area contributed by atoms with Crippen LogP contribution >= 0.6 is 0 Å². The van der Waals surface area contributed by atoms with Crippen LogP contribution in [0, 0.1) is 5.82 Å². The summed E-state index contributed by atoms with van der Waals surface area (Å²) in [5.74, 6) is -0.577. The van der Waals surface area contributed by atoms with Gasteiger partial charge in [-0.25, -0.2) is 9.18 Å². The monoisotopic (exact) mass is 415 g/mol. The Kier molecular flexibility index (Phi) is 8.39. The third-order valence-corrected chi connectivity index (χ3v) is 4.32. The standard InChI is InChI=1S/C24H30FNO4/c1-5-29-22(27)14-13-21(26-23(28)30-24(2,3)4)15-17-9-11-18(12-10-17)19-7-6-8-20(25)16-19/h6-12,16,21H,5,13-15H2,1-4H3,(H,26,28). The van der Waals surface area contributed by atoms with E-state index < -0.39 is 11.7 Å². The SMILES string of the molecule is CCOC(=O)CCC(Cc1ccc(-c2cccc(F)c2)cc1)NC(=O)OC(C)(C)C. The number of halogens is 1. The Bertz CT molecular complexity index is 843. The maximum Gasteiger partial charge on any atom is 0.407 e. The molecule has 6 heteroatoms. The molecule has 0 saturated carbocycles. The second-order valence-electron chi connectivity index (χ2n) is 8.10. The van der Waals surface area contributed by atoms with Crippen molar-refractivity contribution in [2.24, 2.45) is 0 Å². The van der Waals surface area contributed by atoms with Crippen molar-refractivity contribution in [1.82, 2.24) is 5.32 Å². The van der Waals surface area contributed by atoms with Crippen molar-refractivity contribution in [3.8, 4) is 11.1 Å². The molecule has 162 valence electrons. The van der Waals surface area contributed by atoms with Gasteiger partial charge in [-0.3, -0.25) is 4.79 Å². The highest BCUT2D eigenvalue weighted by molar-refractivity contribution is 5.70. The number of amides is 1. The molecule has 0 spiro atoms. The molecule has 5 nitrogen and oxygen atoms in total. The van der Waals surface area contributed by atoms with Gasteiger partial charge in [0.2, 0.25) is 0 Å². The predicted octanol–water partition coefficient (Wildman–Crippen LogP) is 5.27. The van der Waals surface area contributed by atoms with Crippen LogP contribution in [0.2, 0.25) is 0 Å². The summed E-state index contributed by atoms with van der Waals surface area (Å²) >= 11 is 0. The number of hydrogen-bond donors (Lipinski definition) is 1. The zero-order chi connectivity index (χ0) is 22.1. The van der Waals surface area contributed by atoms with Crippen LogP contribution in [-0.2, 0) is 20.7 Å². The van der Waals surface area contributed by atoms with Gasteiger partial charge in [-0.2, -0.15) is 0 Å². The van der Waals surface area contributed by atoms with Gasteiger partial charge in [-0.05, 0) is 69.4 Å². The summed E-state index contributed by atoms with van der Waals surface area (Å²) in [5, 5.41) is 2.85. The molecule has 2 rings (SSSR count). The van der Waals surface area contributed by atoms with Crippen LogP contribution < -0.4 is 5.32 Å². The molecule has 0 aliphatic rings. The lowest BCUT2D eigenvalue weighted by molar-refractivity contribution is -0.143. The number of carbonyl (C=O) groups is 2. The van der Waals surface area contributed by atoms with E-state index in [1.165, 1.54) is 12.1 Å². The quantitative estimate of drug-likeness (QED) is 0.597. The van der Waals surface area contributed by atoms with Gasteiger partial charge in [-0.1, -0.05) is 36.4 Å². The first-order chi connectivity index (χ1) is 14.2. The van der Waals surface area contributed by atoms with E-state index in [2.05, 4.69) is 5.32 Å². The number of alkyl carbamates (subject to hydrolysis) is 1. The third-order valence-electron chi connectivity index (χ3n) is 4.32. The van der Waals surface area contributed by atoms with Gasteiger partial charge in [0.1, 0.15) is 11.4 Å². The maximum absolute atomic E-state index is 13.5. The first-order valence-corrected chi connectivity index (χ1v) is 10.2. The number of nitrogens with one attached hydrogen (secondary N) is 1. The zero-order valence-electron chi connectivity index (χ0n) is 18.0. The first-order valence-electron chi connectivity index (χ1n) is 10.2. The van der Waals surface area contributed by atoms with Crippen molar-refractivity contribution in [2.45, 2.75) is 58.6 Å². The molecule has 30 heavy (non-hydrogen) atoms. The molecule has 1 atom stereocenters. The van der Waals surface area contributed by atoms with Crippen molar-refractivity contribution >= 4 is 12.1 Å². The Balaban J connectivity index is 2.07. The highest BCUT2D eigenvalue weighted by Gasteiger charge is 2.20. The van der Waals surface area contributed by atoms with Crippen molar-refractivity contribution in [1.29, 1.82) is 0 Å². The number of benzene rings is 2. The summed E-state index contributed by atoms with van der Waals surface area (Å²) in [7, 11) is 0. The minimum absolute atomic E-state index is 0.204. The first kappa shape index (κ1) is 23.4. The van der Waals surface area contributed by atoms with E-state index in [1.807, 2.05) is 30.3 Å². The van der Waals surface area contributed by atoms with Gasteiger partial charge in [0.05, 0.1) is 6.61 Å². The minimum atomic E-state index is -0.609. The molecule has 0 bridgehead atoms. The molecular weight excluding hydrogens is 385 g/mol. The predicted molar refractivity (Wildman–Crippen MR) is 115 cm³/mol. The molecule has 0 aromatic heterocycles. The number of rotatable bonds is 8. The zero-order valence-corrected chi connectivity index (χ0v) is 18.0. The highest BCUT2D eigenvalue weighted by Crippen LogP contribution is 2.21. The fourth-order valence-electron chi connectivity index (χ4n) is 3.01. The normalized spacial score (nSPS) is 12.2. The van der Waals surface area contributed by atoms with Crippen LogP contribution in [-0.4, -0.2) is 30.3 Å². The molecule has 1 N–H and O–H groups in total. The molecule has 0 fully saturated rings. The average Bonchev–Trinajstić information content (AvgIpc) is 2.65. The van der Waals surface area contributed by atoms with E-state index in [0.717, 1.165) is 16.7 Å². The van der Waals surface area contributed by atoms with Crippen molar-refractivity contribution in [3.05, 3.63) is 59.9 Å². The van der Waals surface area contributed by atoms with Gasteiger partial charge >= 0.3 is 12.1 Å². The van der Waals surface area contributed by atoms with Gasteiger partial charge in [-0.15, -0.1) is 0 Å². The van der Waals surface area contributed by atoms with Gasteiger partial charge in [0.15, 0.2) is 0 Å². The van der Waals surface area contributed by atoms with Crippen LogP contribution in [0.3, 0.4) is 0 Å². The van der Waals surface area contributed by atoms with Crippen molar-refractivity contribution in [2.75, 3.05) is 6.61 Å². The number of esters is 1. The minimum Gasteiger partial charge on any atom is -0.466 e. The molecule has 0 aliphatic heterocycles. The number of ether oxygens (including phenoxy) is 2. The highest BCUT2D eigenvalue weighted by atomic mass is 19.1. The molecule has 0 radical (unpaired) electrons. The molecule has 2 aromatic rings. The number of hydrogen-bond acceptors (Lipinski definition) is 4. The van der Waals surface area contributed by atoms with E-state index in [-0.39, 0.29) is 24.2 Å². The molecule has 0 aliphatic carbocycles. The fourth-order valence-corrected chi connectivity index (χ4v) is 3.01. The summed E-state index contributed by atoms with van der Waals surface area (Å²) in [4.78, 5) is 24.0. The lowest BCUT2D eigenvalue weighted by atomic mass is 9.98. The van der Waals surface area contributed by atoms with Crippen molar-refractivity contribution in [3.63, 3.8) is 0 Å². The average molecular weight is 416 g/mol. The Morgan fingerprint density at radius 2 is 1.77 bits per heavy atom. The van der Waals surface area contributed by atoms with Crippen LogP contribution in [0.5, 0.6) is 0 Å². The molecule has 0 heterocycles. The summed E-state index contributed by atoms with van der Waals surface area (Å²) in [6.07, 6.45) is 0.648. The van der Waals surface area contributed by atoms with Crippen LogP contribution in [0.15, 0.2) is 48.5 Å². The van der Waals surface area contributed by atoms with Gasteiger partial charge in [0, 0.05) is 12.5 Å². The Morgan fingerprint density at radius 3 is 2.37 bits per heavy atom. The van der Waals surface area contributed by atoms with E-state index in [4.69, 9.17) is 9.47 Å². The maximum atomic E-state index is 13.5. The van der Waals surface area contributed by atoms with Gasteiger partial charge < -0.3 is 14.8 Å². The number of carbonyl (C=O) groups excluding carboxylic acids is 2. The van der Waals surface area contributed by atoms with Gasteiger partial charge in [0.25, 0.3) is 0 Å². The summed E-state index contributed by atoms with van der Waals surface area (Å²) in [6.45, 7) is 7.47. The largest absolute Gasteiger partial charge is 0.466 e. The summed E-state index contributed by atoms with van der Waals surface area (Å²) in [6, 6.07) is 13.8. The van der Waals surface area contributed by atoms with E-state index in [0.29, 0.717) is 19.4 Å². The molecule has 1 unspecified atom stereocenters. The van der Waals surface area contributed by atoms with Crippen LogP contribution in [0.1, 0.15) is 46.1 Å². The van der Waals surface area contributed by atoms with Crippen LogP contribution in [0.25, 0.3) is 11.1 Å². The lowest BCUT2D eigenvalue weighted by Crippen LogP contribution is -2.40.